The van der Waals surface area contributed by atoms with Crippen molar-refractivity contribution < 1.29 is 9.53 Å². The van der Waals surface area contributed by atoms with Crippen molar-refractivity contribution in [2.45, 2.75) is 20.3 Å². The molecule has 0 aliphatic rings. The molecule has 1 aromatic carbocycles. The quantitative estimate of drug-likeness (QED) is 0.735. The zero-order valence-corrected chi connectivity index (χ0v) is 14.2. The Hall–Kier alpha value is -2.90. The van der Waals surface area contributed by atoms with Gasteiger partial charge in [0.05, 0.1) is 18.1 Å². The van der Waals surface area contributed by atoms with E-state index in [9.17, 15) is 4.79 Å². The Morgan fingerprint density at radius 1 is 1.33 bits per heavy atom. The SMILES string of the molecule is COc1nc(C(=O)NCCc2nc3c(C)c(C)ccc3[nH]2)nn1C. The van der Waals surface area contributed by atoms with E-state index in [0.29, 0.717) is 19.0 Å². The normalized spacial score (nSPS) is 11.0. The summed E-state index contributed by atoms with van der Waals surface area (Å²) in [4.78, 5) is 23.9. The molecule has 2 N–H and O–H groups in total. The third kappa shape index (κ3) is 2.94. The number of imidazole rings is 1. The van der Waals surface area contributed by atoms with Crippen LogP contribution in [0.2, 0.25) is 0 Å². The maximum Gasteiger partial charge on any atom is 0.314 e. The van der Waals surface area contributed by atoms with Gasteiger partial charge in [0.1, 0.15) is 5.82 Å². The molecule has 8 nitrogen and oxygen atoms in total. The maximum atomic E-state index is 12.1. The van der Waals surface area contributed by atoms with Crippen molar-refractivity contribution in [3.8, 4) is 6.01 Å². The van der Waals surface area contributed by atoms with Crippen LogP contribution in [0, 0.1) is 13.8 Å². The Kier molecular flexibility index (Phi) is 4.20. The van der Waals surface area contributed by atoms with E-state index in [-0.39, 0.29) is 11.7 Å². The van der Waals surface area contributed by atoms with E-state index in [1.54, 1.807) is 7.05 Å². The lowest BCUT2D eigenvalue weighted by atomic mass is 10.1. The van der Waals surface area contributed by atoms with Gasteiger partial charge in [-0.05, 0) is 31.0 Å². The Labute approximate surface area is 139 Å². The minimum atomic E-state index is -0.336. The monoisotopic (exact) mass is 328 g/mol. The van der Waals surface area contributed by atoms with Gasteiger partial charge >= 0.3 is 6.01 Å². The van der Waals surface area contributed by atoms with Crippen LogP contribution in [0.3, 0.4) is 0 Å². The van der Waals surface area contributed by atoms with Gasteiger partial charge < -0.3 is 15.0 Å². The van der Waals surface area contributed by atoms with Crippen LogP contribution < -0.4 is 10.1 Å². The number of methoxy groups -OCH3 is 1. The molecular formula is C16H20N6O2. The number of carbonyl (C=O) groups excluding carboxylic acids is 1. The molecule has 0 saturated heterocycles. The molecule has 24 heavy (non-hydrogen) atoms. The summed E-state index contributed by atoms with van der Waals surface area (Å²) in [5, 5.41) is 6.80. The number of hydrogen-bond donors (Lipinski definition) is 2. The third-order valence-electron chi connectivity index (χ3n) is 3.98. The van der Waals surface area contributed by atoms with Crippen molar-refractivity contribution in [1.82, 2.24) is 30.0 Å². The topological polar surface area (TPSA) is 97.7 Å². The number of benzene rings is 1. The van der Waals surface area contributed by atoms with Crippen molar-refractivity contribution in [2.75, 3.05) is 13.7 Å². The number of ether oxygens (including phenoxy) is 1. The summed E-state index contributed by atoms with van der Waals surface area (Å²) in [6, 6.07) is 4.39. The van der Waals surface area contributed by atoms with Crippen LogP contribution in [0.4, 0.5) is 0 Å². The number of nitrogens with one attached hydrogen (secondary N) is 2. The highest BCUT2D eigenvalue weighted by Crippen LogP contribution is 2.19. The number of aromatic amines is 1. The molecule has 2 aromatic heterocycles. The van der Waals surface area contributed by atoms with E-state index in [1.807, 2.05) is 6.07 Å². The zero-order valence-electron chi connectivity index (χ0n) is 14.2. The molecule has 3 aromatic rings. The molecule has 1 amide bonds. The number of amides is 1. The average Bonchev–Trinajstić information content (AvgIpc) is 3.14. The van der Waals surface area contributed by atoms with Crippen LogP contribution in [-0.2, 0) is 13.5 Å². The molecule has 0 spiro atoms. The van der Waals surface area contributed by atoms with Crippen LogP contribution in [0.25, 0.3) is 11.0 Å². The first-order chi connectivity index (χ1) is 11.5. The van der Waals surface area contributed by atoms with E-state index < -0.39 is 0 Å². The van der Waals surface area contributed by atoms with Crippen LogP contribution >= 0.6 is 0 Å². The maximum absolute atomic E-state index is 12.1. The smallest absolute Gasteiger partial charge is 0.314 e. The van der Waals surface area contributed by atoms with Gasteiger partial charge in [0.15, 0.2) is 0 Å². The summed E-state index contributed by atoms with van der Waals surface area (Å²) in [6.45, 7) is 4.57. The van der Waals surface area contributed by atoms with Crippen LogP contribution in [0.1, 0.15) is 27.6 Å². The molecule has 0 atom stereocenters. The van der Waals surface area contributed by atoms with Crippen LogP contribution in [0.15, 0.2) is 12.1 Å². The number of rotatable bonds is 5. The largest absolute Gasteiger partial charge is 0.467 e. The Morgan fingerprint density at radius 3 is 2.83 bits per heavy atom. The van der Waals surface area contributed by atoms with Crippen LogP contribution in [0.5, 0.6) is 6.01 Å². The molecule has 0 saturated carbocycles. The van der Waals surface area contributed by atoms with E-state index in [1.165, 1.54) is 22.9 Å². The van der Waals surface area contributed by atoms with Gasteiger partial charge in [-0.2, -0.15) is 4.98 Å². The van der Waals surface area contributed by atoms with E-state index >= 15 is 0 Å². The predicted octanol–water partition coefficient (Wildman–Crippen LogP) is 1.29. The van der Waals surface area contributed by atoms with Gasteiger partial charge in [0.25, 0.3) is 5.91 Å². The lowest BCUT2D eigenvalue weighted by Crippen LogP contribution is -2.27. The van der Waals surface area contributed by atoms with Crippen molar-refractivity contribution in [3.63, 3.8) is 0 Å². The Balaban J connectivity index is 1.63. The summed E-state index contributed by atoms with van der Waals surface area (Å²) in [5.74, 6) is 0.591. The van der Waals surface area contributed by atoms with Crippen molar-refractivity contribution in [3.05, 3.63) is 34.9 Å². The number of aromatic nitrogens is 5. The Morgan fingerprint density at radius 2 is 2.12 bits per heavy atom. The molecular weight excluding hydrogens is 308 g/mol. The van der Waals surface area contributed by atoms with Gasteiger partial charge in [-0.25, -0.2) is 9.67 Å². The summed E-state index contributed by atoms with van der Waals surface area (Å²) in [6.07, 6.45) is 0.600. The second-order valence-corrected chi connectivity index (χ2v) is 5.64. The molecule has 8 heteroatoms. The molecule has 0 unspecified atom stereocenters. The van der Waals surface area contributed by atoms with Gasteiger partial charge in [0.2, 0.25) is 5.82 Å². The van der Waals surface area contributed by atoms with Gasteiger partial charge in [-0.15, -0.1) is 5.10 Å². The number of hydrogen-bond acceptors (Lipinski definition) is 5. The molecule has 126 valence electrons. The molecule has 3 rings (SSSR count). The van der Waals surface area contributed by atoms with E-state index in [4.69, 9.17) is 4.74 Å². The average molecular weight is 328 g/mol. The fourth-order valence-corrected chi connectivity index (χ4v) is 2.50. The minimum Gasteiger partial charge on any atom is -0.467 e. The zero-order chi connectivity index (χ0) is 17.3. The minimum absolute atomic E-state index is 0.0884. The summed E-state index contributed by atoms with van der Waals surface area (Å²) < 4.78 is 6.41. The summed E-state index contributed by atoms with van der Waals surface area (Å²) in [5.41, 5.74) is 4.37. The van der Waals surface area contributed by atoms with Crippen molar-refractivity contribution in [1.29, 1.82) is 0 Å². The van der Waals surface area contributed by atoms with Gasteiger partial charge in [-0.3, -0.25) is 4.79 Å². The number of nitrogens with zero attached hydrogens (tertiary/aromatic N) is 4. The second kappa shape index (κ2) is 6.31. The number of carbonyl (C=O) groups is 1. The van der Waals surface area contributed by atoms with Gasteiger partial charge in [0, 0.05) is 20.0 Å². The second-order valence-electron chi connectivity index (χ2n) is 5.64. The highest BCUT2D eigenvalue weighted by Gasteiger charge is 2.15. The molecule has 2 heterocycles. The molecule has 0 bridgehead atoms. The predicted molar refractivity (Wildman–Crippen MR) is 89.2 cm³/mol. The summed E-state index contributed by atoms with van der Waals surface area (Å²) in [7, 11) is 3.15. The standard InChI is InChI=1S/C16H20N6O2/c1-9-5-6-11-13(10(9)2)19-12(18-11)7-8-17-15(23)14-20-16(24-4)22(3)21-14/h5-6H,7-8H2,1-4H3,(H,17,23)(H,18,19). The van der Waals surface area contributed by atoms with Gasteiger partial charge in [-0.1, -0.05) is 6.07 Å². The fourth-order valence-electron chi connectivity index (χ4n) is 2.50. The van der Waals surface area contributed by atoms with Crippen molar-refractivity contribution in [2.24, 2.45) is 7.05 Å². The van der Waals surface area contributed by atoms with E-state index in [2.05, 4.69) is 45.3 Å². The first kappa shape index (κ1) is 16.0. The van der Waals surface area contributed by atoms with E-state index in [0.717, 1.165) is 16.9 Å². The molecule has 0 aliphatic heterocycles. The first-order valence-electron chi connectivity index (χ1n) is 7.67. The Bertz CT molecular complexity index is 895. The molecule has 0 radical (unpaired) electrons. The molecule has 0 aliphatic carbocycles. The number of fused-ring (bicyclic) bond motifs is 1. The fraction of sp³-hybridized carbons (Fsp3) is 0.375. The first-order valence-corrected chi connectivity index (χ1v) is 7.67. The highest BCUT2D eigenvalue weighted by atomic mass is 16.5. The van der Waals surface area contributed by atoms with Crippen LogP contribution in [-0.4, -0.2) is 44.3 Å². The lowest BCUT2D eigenvalue weighted by molar-refractivity contribution is 0.0943. The third-order valence-corrected chi connectivity index (χ3v) is 3.98. The lowest BCUT2D eigenvalue weighted by Gasteiger charge is -2.00. The number of H-pyrrole nitrogens is 1. The van der Waals surface area contributed by atoms with Crippen molar-refractivity contribution >= 4 is 16.9 Å². The highest BCUT2D eigenvalue weighted by molar-refractivity contribution is 5.90. The number of aryl methyl sites for hydroxylation is 3. The molecule has 0 fully saturated rings. The summed E-state index contributed by atoms with van der Waals surface area (Å²) >= 11 is 0.